The van der Waals surface area contributed by atoms with Crippen molar-refractivity contribution in [2.75, 3.05) is 6.54 Å². The van der Waals surface area contributed by atoms with Gasteiger partial charge in [-0.15, -0.1) is 0 Å². The Kier molecular flexibility index (Phi) is 6.19. The van der Waals surface area contributed by atoms with Crippen molar-refractivity contribution in [2.45, 2.75) is 84.6 Å². The van der Waals surface area contributed by atoms with Gasteiger partial charge in [0, 0.05) is 6.04 Å². The number of nitrogens with one attached hydrogen (secondary N) is 1. The molecule has 0 aliphatic heterocycles. The summed E-state index contributed by atoms with van der Waals surface area (Å²) < 4.78 is 0. The van der Waals surface area contributed by atoms with Gasteiger partial charge in [0.15, 0.2) is 0 Å². The SMILES string of the molecule is CCCNC(CC1CCCC1)C1CCC(C)C(C)C1. The van der Waals surface area contributed by atoms with Crippen molar-refractivity contribution in [3.05, 3.63) is 0 Å². The predicted octanol–water partition coefficient (Wildman–Crippen LogP) is 5.01. The first kappa shape index (κ1) is 15.4. The summed E-state index contributed by atoms with van der Waals surface area (Å²) >= 11 is 0. The van der Waals surface area contributed by atoms with Crippen LogP contribution in [0.3, 0.4) is 0 Å². The molecule has 2 aliphatic rings. The van der Waals surface area contributed by atoms with E-state index in [9.17, 15) is 0 Å². The minimum absolute atomic E-state index is 0.818. The van der Waals surface area contributed by atoms with Crippen LogP contribution in [0.2, 0.25) is 0 Å². The Morgan fingerprint density at radius 2 is 1.74 bits per heavy atom. The molecule has 1 N–H and O–H groups in total. The van der Waals surface area contributed by atoms with Gasteiger partial charge in [0.2, 0.25) is 0 Å². The molecule has 4 unspecified atom stereocenters. The second kappa shape index (κ2) is 7.67. The van der Waals surface area contributed by atoms with Gasteiger partial charge in [0.1, 0.15) is 0 Å². The van der Waals surface area contributed by atoms with Gasteiger partial charge in [0.25, 0.3) is 0 Å². The van der Waals surface area contributed by atoms with E-state index < -0.39 is 0 Å². The molecular weight excluding hydrogens is 230 g/mol. The van der Waals surface area contributed by atoms with E-state index in [1.54, 1.807) is 0 Å². The van der Waals surface area contributed by atoms with E-state index in [0.29, 0.717) is 0 Å². The highest BCUT2D eigenvalue weighted by molar-refractivity contribution is 4.86. The van der Waals surface area contributed by atoms with Crippen molar-refractivity contribution in [1.82, 2.24) is 5.32 Å². The number of rotatable bonds is 6. The van der Waals surface area contributed by atoms with Crippen LogP contribution >= 0.6 is 0 Å². The Morgan fingerprint density at radius 1 is 1.00 bits per heavy atom. The normalized spacial score (nSPS) is 34.6. The fourth-order valence-electron chi connectivity index (χ4n) is 4.33. The average Bonchev–Trinajstić information content (AvgIpc) is 2.91. The van der Waals surface area contributed by atoms with E-state index in [-0.39, 0.29) is 0 Å². The molecule has 1 nitrogen and oxygen atoms in total. The summed E-state index contributed by atoms with van der Waals surface area (Å²) in [5.41, 5.74) is 0. The van der Waals surface area contributed by atoms with Gasteiger partial charge < -0.3 is 5.32 Å². The molecule has 4 atom stereocenters. The first-order chi connectivity index (χ1) is 9.20. The van der Waals surface area contributed by atoms with Crippen LogP contribution in [0.25, 0.3) is 0 Å². The fourth-order valence-corrected chi connectivity index (χ4v) is 4.33. The molecule has 0 aromatic heterocycles. The molecule has 0 aromatic carbocycles. The molecular formula is C18H35N. The quantitative estimate of drug-likeness (QED) is 0.712. The molecule has 2 aliphatic carbocycles. The van der Waals surface area contributed by atoms with Crippen LogP contribution in [0.15, 0.2) is 0 Å². The summed E-state index contributed by atoms with van der Waals surface area (Å²) in [5.74, 6) is 3.88. The van der Waals surface area contributed by atoms with Gasteiger partial charge in [-0.2, -0.15) is 0 Å². The lowest BCUT2D eigenvalue weighted by molar-refractivity contribution is 0.157. The van der Waals surface area contributed by atoms with Crippen molar-refractivity contribution in [1.29, 1.82) is 0 Å². The third-order valence-electron chi connectivity index (χ3n) is 5.93. The Hall–Kier alpha value is -0.0400. The highest BCUT2D eigenvalue weighted by atomic mass is 14.9. The van der Waals surface area contributed by atoms with Crippen LogP contribution in [0.5, 0.6) is 0 Å². The average molecular weight is 265 g/mol. The molecule has 2 saturated carbocycles. The molecule has 0 amide bonds. The summed E-state index contributed by atoms with van der Waals surface area (Å²) in [6.45, 7) is 8.44. The molecule has 1 heteroatoms. The van der Waals surface area contributed by atoms with Crippen LogP contribution in [0.4, 0.5) is 0 Å². The minimum Gasteiger partial charge on any atom is -0.314 e. The smallest absolute Gasteiger partial charge is 0.00980 e. The van der Waals surface area contributed by atoms with Crippen LogP contribution < -0.4 is 5.32 Å². The Morgan fingerprint density at radius 3 is 2.37 bits per heavy atom. The van der Waals surface area contributed by atoms with Crippen LogP contribution in [-0.2, 0) is 0 Å². The molecule has 19 heavy (non-hydrogen) atoms. The van der Waals surface area contributed by atoms with Gasteiger partial charge in [-0.3, -0.25) is 0 Å². The summed E-state index contributed by atoms with van der Waals surface area (Å²) in [7, 11) is 0. The summed E-state index contributed by atoms with van der Waals surface area (Å²) in [6, 6.07) is 0.818. The maximum absolute atomic E-state index is 3.90. The lowest BCUT2D eigenvalue weighted by Crippen LogP contribution is -2.41. The van der Waals surface area contributed by atoms with E-state index in [0.717, 1.165) is 29.7 Å². The fraction of sp³-hybridized carbons (Fsp3) is 1.00. The van der Waals surface area contributed by atoms with Crippen molar-refractivity contribution in [3.63, 3.8) is 0 Å². The van der Waals surface area contributed by atoms with Crippen molar-refractivity contribution < 1.29 is 0 Å². The summed E-state index contributed by atoms with van der Waals surface area (Å²) in [5, 5.41) is 3.90. The van der Waals surface area contributed by atoms with E-state index in [1.807, 2.05) is 0 Å². The highest BCUT2D eigenvalue weighted by Crippen LogP contribution is 2.38. The Balaban J connectivity index is 1.87. The van der Waals surface area contributed by atoms with E-state index in [4.69, 9.17) is 0 Å². The van der Waals surface area contributed by atoms with Gasteiger partial charge in [-0.25, -0.2) is 0 Å². The van der Waals surface area contributed by atoms with Crippen molar-refractivity contribution in [3.8, 4) is 0 Å². The van der Waals surface area contributed by atoms with Crippen LogP contribution in [0.1, 0.15) is 78.6 Å². The zero-order chi connectivity index (χ0) is 13.7. The molecule has 0 spiro atoms. The summed E-state index contributed by atoms with van der Waals surface area (Å²) in [4.78, 5) is 0. The highest BCUT2D eigenvalue weighted by Gasteiger charge is 2.31. The molecule has 0 bridgehead atoms. The zero-order valence-corrected chi connectivity index (χ0v) is 13.5. The number of hydrogen-bond acceptors (Lipinski definition) is 1. The molecule has 0 heterocycles. The number of hydrogen-bond donors (Lipinski definition) is 1. The topological polar surface area (TPSA) is 12.0 Å². The van der Waals surface area contributed by atoms with Crippen molar-refractivity contribution in [2.24, 2.45) is 23.7 Å². The van der Waals surface area contributed by atoms with Crippen LogP contribution in [-0.4, -0.2) is 12.6 Å². The Labute approximate surface area is 120 Å². The van der Waals surface area contributed by atoms with E-state index in [1.165, 1.54) is 64.3 Å². The molecule has 0 aromatic rings. The first-order valence-corrected chi connectivity index (χ1v) is 8.94. The largest absolute Gasteiger partial charge is 0.314 e. The monoisotopic (exact) mass is 265 g/mol. The lowest BCUT2D eigenvalue weighted by atomic mass is 9.71. The standard InChI is InChI=1S/C18H35N/c1-4-11-19-18(13-16-7-5-6-8-16)17-10-9-14(2)15(3)12-17/h14-19H,4-13H2,1-3H3. The predicted molar refractivity (Wildman–Crippen MR) is 84.3 cm³/mol. The van der Waals surface area contributed by atoms with Gasteiger partial charge in [-0.05, 0) is 55.9 Å². The van der Waals surface area contributed by atoms with E-state index in [2.05, 4.69) is 26.1 Å². The van der Waals surface area contributed by atoms with E-state index >= 15 is 0 Å². The molecule has 0 saturated heterocycles. The Bertz CT molecular complexity index is 244. The second-order valence-corrected chi connectivity index (χ2v) is 7.47. The maximum Gasteiger partial charge on any atom is 0.00980 e. The maximum atomic E-state index is 3.90. The molecule has 2 rings (SSSR count). The van der Waals surface area contributed by atoms with Gasteiger partial charge in [-0.1, -0.05) is 52.9 Å². The van der Waals surface area contributed by atoms with Crippen LogP contribution in [0, 0.1) is 23.7 Å². The molecule has 112 valence electrons. The molecule has 2 fully saturated rings. The lowest BCUT2D eigenvalue weighted by Gasteiger charge is -2.38. The second-order valence-electron chi connectivity index (χ2n) is 7.47. The zero-order valence-electron chi connectivity index (χ0n) is 13.5. The minimum atomic E-state index is 0.818. The third-order valence-corrected chi connectivity index (χ3v) is 5.93. The summed E-state index contributed by atoms with van der Waals surface area (Å²) in [6.07, 6.45) is 13.1. The third kappa shape index (κ3) is 4.48. The van der Waals surface area contributed by atoms with Gasteiger partial charge in [0.05, 0.1) is 0 Å². The first-order valence-electron chi connectivity index (χ1n) is 8.94. The molecule has 0 radical (unpaired) electrons. The van der Waals surface area contributed by atoms with Crippen molar-refractivity contribution >= 4 is 0 Å². The van der Waals surface area contributed by atoms with Gasteiger partial charge >= 0.3 is 0 Å².